The maximum Gasteiger partial charge on any atom is 0.254 e. The Bertz CT molecular complexity index is 702. The molecule has 0 unspecified atom stereocenters. The lowest BCUT2D eigenvalue weighted by molar-refractivity contribution is 0.0939. The van der Waals surface area contributed by atoms with E-state index in [1.807, 2.05) is 24.3 Å². The van der Waals surface area contributed by atoms with Crippen LogP contribution in [0.4, 0.5) is 0 Å². The Kier molecular flexibility index (Phi) is 2.75. The Morgan fingerprint density at radius 3 is 3.05 bits per heavy atom. The third-order valence-corrected chi connectivity index (χ3v) is 2.95. The van der Waals surface area contributed by atoms with E-state index in [0.717, 1.165) is 10.9 Å². The smallest absolute Gasteiger partial charge is 0.254 e. The lowest BCUT2D eigenvalue weighted by Crippen LogP contribution is -2.27. The van der Waals surface area contributed by atoms with Crippen LogP contribution in [-0.4, -0.2) is 21.0 Å². The molecule has 1 aromatic carbocycles. The Morgan fingerprint density at radius 2 is 2.26 bits per heavy atom. The Morgan fingerprint density at radius 1 is 1.42 bits per heavy atom. The fourth-order valence-electron chi connectivity index (χ4n) is 1.97. The second-order valence-corrected chi connectivity index (χ2v) is 4.23. The van der Waals surface area contributed by atoms with Crippen LogP contribution in [0.25, 0.3) is 10.9 Å². The Labute approximate surface area is 108 Å². The summed E-state index contributed by atoms with van der Waals surface area (Å²) in [7, 11) is 0. The highest BCUT2D eigenvalue weighted by Crippen LogP contribution is 2.18. The van der Waals surface area contributed by atoms with Crippen molar-refractivity contribution < 1.29 is 9.32 Å². The van der Waals surface area contributed by atoms with Crippen LogP contribution >= 0.6 is 0 Å². The van der Waals surface area contributed by atoms with Crippen molar-refractivity contribution >= 4 is 16.8 Å². The molecule has 0 saturated carbocycles. The molecule has 3 rings (SSSR count). The van der Waals surface area contributed by atoms with Crippen molar-refractivity contribution in [2.24, 2.45) is 0 Å². The minimum atomic E-state index is -0.306. The molecule has 1 amide bonds. The number of carbonyl (C=O) groups excluding carboxylic acids is 1. The third kappa shape index (κ3) is 2.08. The van der Waals surface area contributed by atoms with E-state index in [2.05, 4.69) is 25.0 Å². The summed E-state index contributed by atoms with van der Waals surface area (Å²) in [5.74, 6) is 0.281. The molecule has 1 atom stereocenters. The number of fused-ring (bicyclic) bond motifs is 1. The quantitative estimate of drug-likeness (QED) is 0.751. The minimum absolute atomic E-state index is 0.172. The van der Waals surface area contributed by atoms with Crippen molar-refractivity contribution in [3.63, 3.8) is 0 Å². The van der Waals surface area contributed by atoms with E-state index in [1.165, 1.54) is 6.39 Å². The monoisotopic (exact) mass is 256 g/mol. The molecule has 0 aliphatic heterocycles. The van der Waals surface area contributed by atoms with Gasteiger partial charge in [-0.15, -0.1) is 0 Å². The van der Waals surface area contributed by atoms with Gasteiger partial charge in [0.2, 0.25) is 6.39 Å². The summed E-state index contributed by atoms with van der Waals surface area (Å²) in [5, 5.41) is 7.43. The van der Waals surface area contributed by atoms with Gasteiger partial charge in [-0.1, -0.05) is 23.4 Å². The van der Waals surface area contributed by atoms with E-state index in [1.54, 1.807) is 13.1 Å². The summed E-state index contributed by atoms with van der Waals surface area (Å²) in [5.41, 5.74) is 1.53. The van der Waals surface area contributed by atoms with Crippen molar-refractivity contribution in [1.29, 1.82) is 0 Å². The van der Waals surface area contributed by atoms with E-state index in [4.69, 9.17) is 0 Å². The number of nitrogens with one attached hydrogen (secondary N) is 2. The standard InChI is InChI=1S/C13H12N4O2/c1-8(12-15-7-19-17-12)16-13(18)10-6-14-11-5-3-2-4-9(10)11/h2-8,14H,1H3,(H,16,18)/t8-/m0/s1. The summed E-state index contributed by atoms with van der Waals surface area (Å²) in [6.07, 6.45) is 2.94. The number of nitrogens with zero attached hydrogens (tertiary/aromatic N) is 2. The molecule has 0 bridgehead atoms. The van der Waals surface area contributed by atoms with Gasteiger partial charge < -0.3 is 14.8 Å². The minimum Gasteiger partial charge on any atom is -0.360 e. The second-order valence-electron chi connectivity index (χ2n) is 4.23. The van der Waals surface area contributed by atoms with Crippen LogP contribution in [0.3, 0.4) is 0 Å². The average molecular weight is 256 g/mol. The Hall–Kier alpha value is -2.63. The zero-order valence-corrected chi connectivity index (χ0v) is 10.3. The number of carbonyl (C=O) groups is 1. The zero-order chi connectivity index (χ0) is 13.2. The van der Waals surface area contributed by atoms with Gasteiger partial charge in [0.25, 0.3) is 5.91 Å². The largest absolute Gasteiger partial charge is 0.360 e. The predicted molar refractivity (Wildman–Crippen MR) is 68.5 cm³/mol. The first-order valence-electron chi connectivity index (χ1n) is 5.89. The van der Waals surface area contributed by atoms with E-state index < -0.39 is 0 Å². The lowest BCUT2D eigenvalue weighted by Gasteiger charge is -2.09. The number of hydrogen-bond donors (Lipinski definition) is 2. The number of para-hydroxylation sites is 1. The maximum absolute atomic E-state index is 12.2. The molecule has 0 fully saturated rings. The van der Waals surface area contributed by atoms with Crippen LogP contribution in [0.15, 0.2) is 41.4 Å². The molecule has 0 aliphatic rings. The lowest BCUT2D eigenvalue weighted by atomic mass is 10.1. The van der Waals surface area contributed by atoms with E-state index in [-0.39, 0.29) is 11.9 Å². The third-order valence-electron chi connectivity index (χ3n) is 2.95. The van der Waals surface area contributed by atoms with Crippen LogP contribution in [0.1, 0.15) is 29.1 Å². The topological polar surface area (TPSA) is 83.8 Å². The van der Waals surface area contributed by atoms with E-state index in [9.17, 15) is 4.79 Å². The van der Waals surface area contributed by atoms with Crippen LogP contribution < -0.4 is 5.32 Å². The summed E-state index contributed by atoms with van der Waals surface area (Å²) in [6, 6.07) is 7.34. The van der Waals surface area contributed by atoms with Crippen molar-refractivity contribution in [2.45, 2.75) is 13.0 Å². The summed E-state index contributed by atoms with van der Waals surface area (Å²) in [4.78, 5) is 19.2. The van der Waals surface area contributed by atoms with Gasteiger partial charge in [0, 0.05) is 17.1 Å². The summed E-state index contributed by atoms with van der Waals surface area (Å²) in [6.45, 7) is 1.80. The fourth-order valence-corrected chi connectivity index (χ4v) is 1.97. The number of benzene rings is 1. The molecule has 0 aliphatic carbocycles. The maximum atomic E-state index is 12.2. The van der Waals surface area contributed by atoms with Gasteiger partial charge >= 0.3 is 0 Å². The molecule has 0 spiro atoms. The second kappa shape index (κ2) is 4.56. The molecule has 6 nitrogen and oxygen atoms in total. The van der Waals surface area contributed by atoms with Crippen molar-refractivity contribution in [1.82, 2.24) is 20.4 Å². The Balaban J connectivity index is 1.84. The molecular formula is C13H12N4O2. The average Bonchev–Trinajstić information content (AvgIpc) is 3.08. The van der Waals surface area contributed by atoms with Crippen LogP contribution in [0, 0.1) is 0 Å². The molecule has 2 heterocycles. The molecule has 0 saturated heterocycles. The molecule has 0 radical (unpaired) electrons. The van der Waals surface area contributed by atoms with Gasteiger partial charge in [0.15, 0.2) is 5.82 Å². The van der Waals surface area contributed by atoms with E-state index >= 15 is 0 Å². The first-order valence-corrected chi connectivity index (χ1v) is 5.89. The van der Waals surface area contributed by atoms with Crippen LogP contribution in [0.2, 0.25) is 0 Å². The van der Waals surface area contributed by atoms with Gasteiger partial charge in [-0.3, -0.25) is 4.79 Å². The highest BCUT2D eigenvalue weighted by atomic mass is 16.5. The van der Waals surface area contributed by atoms with Gasteiger partial charge in [-0.2, -0.15) is 4.98 Å². The van der Waals surface area contributed by atoms with E-state index in [0.29, 0.717) is 11.4 Å². The number of hydrogen-bond acceptors (Lipinski definition) is 4. The molecule has 2 N–H and O–H groups in total. The van der Waals surface area contributed by atoms with Gasteiger partial charge in [-0.25, -0.2) is 0 Å². The molecular weight excluding hydrogens is 244 g/mol. The number of aromatic nitrogens is 3. The van der Waals surface area contributed by atoms with Gasteiger partial charge in [0.05, 0.1) is 11.6 Å². The summed E-state index contributed by atoms with van der Waals surface area (Å²) >= 11 is 0. The molecule has 6 heteroatoms. The predicted octanol–water partition coefficient (Wildman–Crippen LogP) is 2.04. The van der Waals surface area contributed by atoms with Crippen LogP contribution in [-0.2, 0) is 0 Å². The van der Waals surface area contributed by atoms with Crippen molar-refractivity contribution in [2.75, 3.05) is 0 Å². The SMILES string of the molecule is C[C@H](NC(=O)c1c[nH]c2ccccc12)c1ncon1. The fraction of sp³-hybridized carbons (Fsp3) is 0.154. The number of H-pyrrole nitrogens is 1. The first-order chi connectivity index (χ1) is 9.25. The van der Waals surface area contributed by atoms with Crippen molar-refractivity contribution in [3.8, 4) is 0 Å². The molecule has 96 valence electrons. The number of aromatic amines is 1. The normalized spacial score (nSPS) is 12.5. The van der Waals surface area contributed by atoms with Gasteiger partial charge in [0.1, 0.15) is 0 Å². The van der Waals surface area contributed by atoms with Gasteiger partial charge in [-0.05, 0) is 13.0 Å². The van der Waals surface area contributed by atoms with Crippen LogP contribution in [0.5, 0.6) is 0 Å². The number of amides is 1. The van der Waals surface area contributed by atoms with Crippen molar-refractivity contribution in [3.05, 3.63) is 48.2 Å². The molecule has 3 aromatic rings. The highest BCUT2D eigenvalue weighted by Gasteiger charge is 2.17. The zero-order valence-electron chi connectivity index (χ0n) is 10.3. The highest BCUT2D eigenvalue weighted by molar-refractivity contribution is 6.06. The first kappa shape index (κ1) is 11.5. The number of rotatable bonds is 3. The molecule has 19 heavy (non-hydrogen) atoms. The summed E-state index contributed by atoms with van der Waals surface area (Å²) < 4.78 is 4.66. The molecule has 2 aromatic heterocycles.